The second-order valence-corrected chi connectivity index (χ2v) is 8.14. The van der Waals surface area contributed by atoms with Gasteiger partial charge in [-0.25, -0.2) is 8.42 Å². The van der Waals surface area contributed by atoms with E-state index in [9.17, 15) is 13.5 Å². The Bertz CT molecular complexity index is 359. The lowest BCUT2D eigenvalue weighted by Gasteiger charge is -2.38. The minimum absolute atomic E-state index is 0.194. The zero-order chi connectivity index (χ0) is 14.5. The Morgan fingerprint density at radius 3 is 2.63 bits per heavy atom. The third-order valence-corrected chi connectivity index (χ3v) is 5.75. The summed E-state index contributed by atoms with van der Waals surface area (Å²) in [6.07, 6.45) is 1.47. The van der Waals surface area contributed by atoms with Crippen LogP contribution in [0.3, 0.4) is 0 Å². The van der Waals surface area contributed by atoms with Crippen LogP contribution in [0.5, 0.6) is 0 Å². The van der Waals surface area contributed by atoms with Crippen molar-refractivity contribution in [2.75, 3.05) is 45.2 Å². The van der Waals surface area contributed by atoms with Crippen LogP contribution >= 0.6 is 0 Å². The van der Waals surface area contributed by atoms with Crippen LogP contribution in [-0.4, -0.2) is 80.7 Å². The summed E-state index contributed by atoms with van der Waals surface area (Å²) >= 11 is 0. The molecule has 1 N–H and O–H groups in total. The molecule has 0 aromatic heterocycles. The summed E-state index contributed by atoms with van der Waals surface area (Å²) in [5.74, 6) is 0.389. The SMILES string of the molecule is CCS(=O)(=O)CCCC(O)CC1CN(C)CCN1C. The van der Waals surface area contributed by atoms with Crippen molar-refractivity contribution in [2.24, 2.45) is 0 Å². The summed E-state index contributed by atoms with van der Waals surface area (Å²) in [4.78, 5) is 4.56. The van der Waals surface area contributed by atoms with Gasteiger partial charge in [0.25, 0.3) is 0 Å². The highest BCUT2D eigenvalue weighted by Gasteiger charge is 2.24. The lowest BCUT2D eigenvalue weighted by Crippen LogP contribution is -2.51. The van der Waals surface area contributed by atoms with Gasteiger partial charge in [-0.2, -0.15) is 0 Å². The number of hydrogen-bond acceptors (Lipinski definition) is 5. The zero-order valence-electron chi connectivity index (χ0n) is 12.4. The summed E-state index contributed by atoms with van der Waals surface area (Å²) in [7, 11) is 1.29. The maximum absolute atomic E-state index is 11.4. The van der Waals surface area contributed by atoms with E-state index in [-0.39, 0.29) is 11.5 Å². The van der Waals surface area contributed by atoms with E-state index >= 15 is 0 Å². The molecule has 0 spiro atoms. The van der Waals surface area contributed by atoms with E-state index in [0.29, 0.717) is 18.9 Å². The average Bonchev–Trinajstić information content (AvgIpc) is 2.33. The highest BCUT2D eigenvalue weighted by atomic mass is 32.2. The van der Waals surface area contributed by atoms with E-state index in [4.69, 9.17) is 0 Å². The van der Waals surface area contributed by atoms with Crippen LogP contribution in [0.2, 0.25) is 0 Å². The van der Waals surface area contributed by atoms with Crippen molar-refractivity contribution in [1.82, 2.24) is 9.80 Å². The molecule has 114 valence electrons. The van der Waals surface area contributed by atoms with Crippen LogP contribution in [-0.2, 0) is 9.84 Å². The van der Waals surface area contributed by atoms with E-state index in [2.05, 4.69) is 23.9 Å². The van der Waals surface area contributed by atoms with E-state index in [0.717, 1.165) is 26.1 Å². The standard InChI is InChI=1S/C13H28N2O3S/c1-4-19(17,18)9-5-6-13(16)10-12-11-14(2)7-8-15(12)3/h12-13,16H,4-11H2,1-3H3. The number of aliphatic hydroxyl groups is 1. The van der Waals surface area contributed by atoms with Gasteiger partial charge >= 0.3 is 0 Å². The number of likely N-dealkylation sites (N-methyl/N-ethyl adjacent to an activating group) is 2. The highest BCUT2D eigenvalue weighted by Crippen LogP contribution is 2.14. The lowest BCUT2D eigenvalue weighted by molar-refractivity contribution is 0.0603. The first kappa shape index (κ1) is 16.9. The molecule has 5 nitrogen and oxygen atoms in total. The molecular weight excluding hydrogens is 264 g/mol. The van der Waals surface area contributed by atoms with Gasteiger partial charge in [0.1, 0.15) is 9.84 Å². The largest absolute Gasteiger partial charge is 0.393 e. The van der Waals surface area contributed by atoms with Gasteiger partial charge in [-0.3, -0.25) is 0 Å². The molecule has 6 heteroatoms. The van der Waals surface area contributed by atoms with Gasteiger partial charge in [-0.05, 0) is 33.4 Å². The third-order valence-electron chi connectivity index (χ3n) is 3.96. The van der Waals surface area contributed by atoms with Crippen molar-refractivity contribution in [3.05, 3.63) is 0 Å². The fraction of sp³-hybridized carbons (Fsp3) is 1.00. The average molecular weight is 292 g/mol. The number of hydrogen-bond donors (Lipinski definition) is 1. The van der Waals surface area contributed by atoms with E-state index in [1.54, 1.807) is 6.92 Å². The van der Waals surface area contributed by atoms with E-state index in [1.807, 2.05) is 0 Å². The van der Waals surface area contributed by atoms with Gasteiger partial charge in [-0.1, -0.05) is 6.92 Å². The van der Waals surface area contributed by atoms with Crippen molar-refractivity contribution >= 4 is 9.84 Å². The van der Waals surface area contributed by atoms with Crippen molar-refractivity contribution in [1.29, 1.82) is 0 Å². The molecule has 0 radical (unpaired) electrons. The molecule has 0 aromatic carbocycles. The van der Waals surface area contributed by atoms with Crippen LogP contribution in [0.15, 0.2) is 0 Å². The topological polar surface area (TPSA) is 60.9 Å². The number of piperazine rings is 1. The maximum atomic E-state index is 11.4. The first-order chi connectivity index (χ1) is 8.84. The van der Waals surface area contributed by atoms with Crippen LogP contribution in [0.1, 0.15) is 26.2 Å². The third kappa shape index (κ3) is 6.21. The van der Waals surface area contributed by atoms with Gasteiger partial charge in [0.2, 0.25) is 0 Å². The van der Waals surface area contributed by atoms with Gasteiger partial charge < -0.3 is 14.9 Å². The van der Waals surface area contributed by atoms with Crippen molar-refractivity contribution in [3.8, 4) is 0 Å². The molecule has 0 aromatic rings. The normalized spacial score (nSPS) is 24.5. The van der Waals surface area contributed by atoms with Gasteiger partial charge in [0.15, 0.2) is 0 Å². The molecular formula is C13H28N2O3S. The van der Waals surface area contributed by atoms with Gasteiger partial charge in [-0.15, -0.1) is 0 Å². The van der Waals surface area contributed by atoms with Crippen LogP contribution in [0.25, 0.3) is 0 Å². The lowest BCUT2D eigenvalue weighted by atomic mass is 10.0. The molecule has 1 rings (SSSR count). The molecule has 1 fully saturated rings. The molecule has 0 aliphatic carbocycles. The quantitative estimate of drug-likeness (QED) is 0.726. The summed E-state index contributed by atoms with van der Waals surface area (Å²) in [5, 5.41) is 10.0. The fourth-order valence-electron chi connectivity index (χ4n) is 2.47. The first-order valence-electron chi connectivity index (χ1n) is 7.11. The highest BCUT2D eigenvalue weighted by molar-refractivity contribution is 7.91. The number of sulfone groups is 1. The van der Waals surface area contributed by atoms with Crippen LogP contribution in [0, 0.1) is 0 Å². The Hall–Kier alpha value is -0.170. The summed E-state index contributed by atoms with van der Waals surface area (Å²) in [5.41, 5.74) is 0. The van der Waals surface area contributed by atoms with Gasteiger partial charge in [0, 0.05) is 31.4 Å². The minimum Gasteiger partial charge on any atom is -0.393 e. The molecule has 19 heavy (non-hydrogen) atoms. The molecule has 0 saturated carbocycles. The Morgan fingerprint density at radius 2 is 2.00 bits per heavy atom. The summed E-state index contributed by atoms with van der Waals surface area (Å²) in [6.45, 7) is 4.73. The molecule has 0 amide bonds. The van der Waals surface area contributed by atoms with Crippen molar-refractivity contribution < 1.29 is 13.5 Å². The molecule has 1 aliphatic heterocycles. The molecule has 1 saturated heterocycles. The molecule has 2 atom stereocenters. The minimum atomic E-state index is -2.90. The van der Waals surface area contributed by atoms with E-state index < -0.39 is 15.9 Å². The Labute approximate surface area is 117 Å². The first-order valence-corrected chi connectivity index (χ1v) is 8.93. The maximum Gasteiger partial charge on any atom is 0.150 e. The molecule has 1 aliphatic rings. The summed E-state index contributed by atoms with van der Waals surface area (Å²) in [6, 6.07) is 0.372. The molecule has 0 bridgehead atoms. The predicted octanol–water partition coefficient (Wildman–Crippen LogP) is 0.198. The fourth-order valence-corrected chi connectivity index (χ4v) is 3.37. The zero-order valence-corrected chi connectivity index (χ0v) is 13.2. The second-order valence-electron chi connectivity index (χ2n) is 5.66. The number of aliphatic hydroxyl groups excluding tert-OH is 1. The van der Waals surface area contributed by atoms with E-state index in [1.165, 1.54) is 0 Å². The van der Waals surface area contributed by atoms with Crippen molar-refractivity contribution in [2.45, 2.75) is 38.3 Å². The summed E-state index contributed by atoms with van der Waals surface area (Å²) < 4.78 is 22.7. The number of rotatable bonds is 7. The molecule has 2 unspecified atom stereocenters. The second kappa shape index (κ2) is 7.57. The predicted molar refractivity (Wildman–Crippen MR) is 78.1 cm³/mol. The monoisotopic (exact) mass is 292 g/mol. The van der Waals surface area contributed by atoms with Crippen LogP contribution < -0.4 is 0 Å². The van der Waals surface area contributed by atoms with Crippen LogP contribution in [0.4, 0.5) is 0 Å². The Morgan fingerprint density at radius 1 is 1.32 bits per heavy atom. The Balaban J connectivity index is 2.28. The van der Waals surface area contributed by atoms with Gasteiger partial charge in [0.05, 0.1) is 11.9 Å². The van der Waals surface area contributed by atoms with Crippen molar-refractivity contribution in [3.63, 3.8) is 0 Å². The Kier molecular flexibility index (Phi) is 6.73. The number of nitrogens with zero attached hydrogens (tertiary/aromatic N) is 2. The smallest absolute Gasteiger partial charge is 0.150 e. The molecule has 1 heterocycles.